The molecule has 1 saturated heterocycles. The molecule has 1 rings (SSSR count). The number of hydrogen-bond acceptors (Lipinski definition) is 2. The van der Waals surface area contributed by atoms with Crippen LogP contribution in [0.15, 0.2) is 11.6 Å². The van der Waals surface area contributed by atoms with Gasteiger partial charge >= 0.3 is 0 Å². The van der Waals surface area contributed by atoms with Gasteiger partial charge in [0.15, 0.2) is 0 Å². The molecule has 1 fully saturated rings. The Kier molecular flexibility index (Phi) is 4.16. The van der Waals surface area contributed by atoms with Crippen LogP contribution in [-0.4, -0.2) is 29.8 Å². The van der Waals surface area contributed by atoms with Gasteiger partial charge in [0.1, 0.15) is 0 Å². The van der Waals surface area contributed by atoms with Gasteiger partial charge in [-0.15, -0.1) is 0 Å². The highest BCUT2D eigenvalue weighted by atomic mass is 32.1. The van der Waals surface area contributed by atoms with Crippen molar-refractivity contribution in [2.24, 2.45) is 0 Å². The Bertz CT molecular complexity index is 153. The molecule has 0 N–H and O–H groups in total. The van der Waals surface area contributed by atoms with E-state index in [-0.39, 0.29) is 0 Å². The van der Waals surface area contributed by atoms with Crippen molar-refractivity contribution in [2.75, 3.05) is 19.6 Å². The van der Waals surface area contributed by atoms with E-state index in [0.717, 1.165) is 6.54 Å². The molecule has 0 amide bonds. The van der Waals surface area contributed by atoms with E-state index in [2.05, 4.69) is 37.5 Å². The van der Waals surface area contributed by atoms with Crippen molar-refractivity contribution in [3.63, 3.8) is 0 Å². The van der Waals surface area contributed by atoms with Gasteiger partial charge in [0.2, 0.25) is 0 Å². The molecule has 0 atom stereocenters. The van der Waals surface area contributed by atoms with Crippen LogP contribution in [0.25, 0.3) is 0 Å². The summed E-state index contributed by atoms with van der Waals surface area (Å²) in [6.45, 7) is 7.88. The van der Waals surface area contributed by atoms with E-state index >= 15 is 0 Å². The molecule has 12 heavy (non-hydrogen) atoms. The topological polar surface area (TPSA) is 3.24 Å². The van der Waals surface area contributed by atoms with Gasteiger partial charge in [0, 0.05) is 11.8 Å². The number of thiol groups is 1. The van der Waals surface area contributed by atoms with Gasteiger partial charge < -0.3 is 0 Å². The average Bonchev–Trinajstić information content (AvgIpc) is 2.03. The zero-order valence-electron chi connectivity index (χ0n) is 8.08. The third-order valence-corrected chi connectivity index (χ3v) is 2.83. The molecular formula is C10H19NS. The molecule has 0 spiro atoms. The van der Waals surface area contributed by atoms with Crippen LogP contribution in [0.3, 0.4) is 0 Å². The summed E-state index contributed by atoms with van der Waals surface area (Å²) in [5.74, 6) is 0. The standard InChI is InChI=1S/C10H19NS/c1-9(2)3-6-11-7-4-10(12)5-8-11/h3,10,12H,4-8H2,1-2H3. The van der Waals surface area contributed by atoms with Crippen LogP contribution in [0, 0.1) is 0 Å². The molecular weight excluding hydrogens is 166 g/mol. The Morgan fingerprint density at radius 3 is 2.50 bits per heavy atom. The summed E-state index contributed by atoms with van der Waals surface area (Å²) in [5, 5.41) is 0.646. The highest BCUT2D eigenvalue weighted by Crippen LogP contribution is 2.14. The molecule has 1 aliphatic rings. The van der Waals surface area contributed by atoms with Gasteiger partial charge in [-0.3, -0.25) is 4.90 Å². The maximum Gasteiger partial charge on any atom is 0.0165 e. The number of allylic oxidation sites excluding steroid dienone is 1. The first-order valence-electron chi connectivity index (χ1n) is 4.72. The van der Waals surface area contributed by atoms with Crippen molar-refractivity contribution in [2.45, 2.75) is 31.9 Å². The Hall–Kier alpha value is 0.0500. The van der Waals surface area contributed by atoms with Crippen LogP contribution in [0.4, 0.5) is 0 Å². The van der Waals surface area contributed by atoms with Crippen LogP contribution < -0.4 is 0 Å². The van der Waals surface area contributed by atoms with Crippen molar-refractivity contribution in [3.05, 3.63) is 11.6 Å². The van der Waals surface area contributed by atoms with E-state index in [1.54, 1.807) is 0 Å². The van der Waals surface area contributed by atoms with E-state index in [4.69, 9.17) is 0 Å². The fourth-order valence-electron chi connectivity index (χ4n) is 1.41. The zero-order valence-corrected chi connectivity index (χ0v) is 8.98. The molecule has 0 radical (unpaired) electrons. The van der Waals surface area contributed by atoms with E-state index in [9.17, 15) is 0 Å². The van der Waals surface area contributed by atoms with Crippen molar-refractivity contribution in [1.82, 2.24) is 4.90 Å². The normalized spacial score (nSPS) is 20.9. The van der Waals surface area contributed by atoms with Gasteiger partial charge in [-0.1, -0.05) is 11.6 Å². The highest BCUT2D eigenvalue weighted by molar-refractivity contribution is 7.80. The second-order valence-electron chi connectivity index (χ2n) is 3.81. The predicted molar refractivity (Wildman–Crippen MR) is 57.9 cm³/mol. The Morgan fingerprint density at radius 1 is 1.42 bits per heavy atom. The maximum absolute atomic E-state index is 4.47. The first-order chi connectivity index (χ1) is 5.68. The van der Waals surface area contributed by atoms with Gasteiger partial charge in [-0.25, -0.2) is 0 Å². The SMILES string of the molecule is CC(C)=CCN1CCC(S)CC1. The highest BCUT2D eigenvalue weighted by Gasteiger charge is 2.14. The minimum atomic E-state index is 0.646. The fourth-order valence-corrected chi connectivity index (χ4v) is 1.64. The summed E-state index contributed by atoms with van der Waals surface area (Å²) in [6.07, 6.45) is 4.80. The third kappa shape index (κ3) is 3.63. The van der Waals surface area contributed by atoms with Crippen molar-refractivity contribution < 1.29 is 0 Å². The summed E-state index contributed by atoms with van der Waals surface area (Å²) >= 11 is 4.47. The molecule has 0 aliphatic carbocycles. The predicted octanol–water partition coefficient (Wildman–Crippen LogP) is 2.35. The van der Waals surface area contributed by atoms with Gasteiger partial charge in [-0.05, 0) is 39.8 Å². The Balaban J connectivity index is 2.22. The minimum Gasteiger partial charge on any atom is -0.300 e. The number of likely N-dealkylation sites (tertiary alicyclic amines) is 1. The number of nitrogens with zero attached hydrogens (tertiary/aromatic N) is 1. The minimum absolute atomic E-state index is 0.646. The molecule has 0 aromatic carbocycles. The van der Waals surface area contributed by atoms with E-state index in [1.165, 1.54) is 31.5 Å². The maximum atomic E-state index is 4.47. The Labute approximate surface area is 81.2 Å². The monoisotopic (exact) mass is 185 g/mol. The van der Waals surface area contributed by atoms with Gasteiger partial charge in [0.05, 0.1) is 0 Å². The van der Waals surface area contributed by atoms with Gasteiger partial charge in [0.25, 0.3) is 0 Å². The Morgan fingerprint density at radius 2 is 2.00 bits per heavy atom. The van der Waals surface area contributed by atoms with Gasteiger partial charge in [-0.2, -0.15) is 12.6 Å². The van der Waals surface area contributed by atoms with Crippen LogP contribution in [0.1, 0.15) is 26.7 Å². The molecule has 0 aromatic heterocycles. The largest absolute Gasteiger partial charge is 0.300 e. The molecule has 0 bridgehead atoms. The van der Waals surface area contributed by atoms with E-state index in [1.807, 2.05) is 0 Å². The van der Waals surface area contributed by atoms with E-state index in [0.29, 0.717) is 5.25 Å². The zero-order chi connectivity index (χ0) is 8.97. The molecule has 0 unspecified atom stereocenters. The average molecular weight is 185 g/mol. The first-order valence-corrected chi connectivity index (χ1v) is 5.24. The summed E-state index contributed by atoms with van der Waals surface area (Å²) < 4.78 is 0. The lowest BCUT2D eigenvalue weighted by atomic mass is 10.1. The lowest BCUT2D eigenvalue weighted by Crippen LogP contribution is -2.34. The smallest absolute Gasteiger partial charge is 0.0165 e. The molecule has 0 aromatic rings. The summed E-state index contributed by atoms with van der Waals surface area (Å²) in [6, 6.07) is 0. The van der Waals surface area contributed by atoms with Crippen molar-refractivity contribution >= 4 is 12.6 Å². The van der Waals surface area contributed by atoms with Crippen molar-refractivity contribution in [3.8, 4) is 0 Å². The van der Waals surface area contributed by atoms with Crippen LogP contribution in [-0.2, 0) is 0 Å². The number of piperidine rings is 1. The molecule has 1 heterocycles. The van der Waals surface area contributed by atoms with Crippen LogP contribution in [0.5, 0.6) is 0 Å². The number of hydrogen-bond donors (Lipinski definition) is 1. The summed E-state index contributed by atoms with van der Waals surface area (Å²) in [5.41, 5.74) is 1.42. The molecule has 0 saturated carbocycles. The third-order valence-electron chi connectivity index (χ3n) is 2.31. The summed E-state index contributed by atoms with van der Waals surface area (Å²) in [4.78, 5) is 2.50. The van der Waals surface area contributed by atoms with Crippen LogP contribution >= 0.6 is 12.6 Å². The quantitative estimate of drug-likeness (QED) is 0.510. The first kappa shape index (κ1) is 10.1. The van der Waals surface area contributed by atoms with Crippen molar-refractivity contribution in [1.29, 1.82) is 0 Å². The second kappa shape index (κ2) is 4.93. The van der Waals surface area contributed by atoms with E-state index < -0.39 is 0 Å². The molecule has 1 aliphatic heterocycles. The summed E-state index contributed by atoms with van der Waals surface area (Å²) in [7, 11) is 0. The fraction of sp³-hybridized carbons (Fsp3) is 0.800. The number of rotatable bonds is 2. The van der Waals surface area contributed by atoms with Crippen LogP contribution in [0.2, 0.25) is 0 Å². The second-order valence-corrected chi connectivity index (χ2v) is 4.54. The molecule has 1 nitrogen and oxygen atoms in total. The lowest BCUT2D eigenvalue weighted by Gasteiger charge is -2.28. The lowest BCUT2D eigenvalue weighted by molar-refractivity contribution is 0.256. The molecule has 70 valence electrons. The molecule has 2 heteroatoms.